The van der Waals surface area contributed by atoms with Crippen molar-refractivity contribution in [1.82, 2.24) is 14.1 Å². The molecule has 1 aliphatic heterocycles. The van der Waals surface area contributed by atoms with E-state index in [1.165, 1.54) is 10.6 Å². The summed E-state index contributed by atoms with van der Waals surface area (Å²) in [6.45, 7) is 0.592. The Morgan fingerprint density at radius 2 is 2.28 bits per heavy atom. The number of nitriles is 1. The maximum absolute atomic E-state index is 11.4. The molecule has 2 rings (SSSR count). The van der Waals surface area contributed by atoms with E-state index in [-0.39, 0.29) is 6.42 Å². The number of hydrogen-bond donors (Lipinski definition) is 1. The van der Waals surface area contributed by atoms with Gasteiger partial charge in [-0.25, -0.2) is 8.42 Å². The first-order valence-corrected chi connectivity index (χ1v) is 7.31. The second-order valence-corrected chi connectivity index (χ2v) is 6.50. The van der Waals surface area contributed by atoms with E-state index in [1.807, 2.05) is 0 Å². The summed E-state index contributed by atoms with van der Waals surface area (Å²) in [4.78, 5) is 0. The largest absolute Gasteiger partial charge is 0.386 e. The van der Waals surface area contributed by atoms with E-state index >= 15 is 0 Å². The van der Waals surface area contributed by atoms with Crippen LogP contribution in [0.3, 0.4) is 0 Å². The Bertz CT molecular complexity index is 580. The SMILES string of the molecule is CNc1cnn(C2(CC#N)CN(S(C)(=O)=O)C2)c1. The number of nitrogens with one attached hydrogen (secondary N) is 1. The van der Waals surface area contributed by atoms with Gasteiger partial charge in [-0.15, -0.1) is 0 Å². The predicted molar refractivity (Wildman–Crippen MR) is 66.4 cm³/mol. The average molecular weight is 269 g/mol. The van der Waals surface area contributed by atoms with Crippen LogP contribution in [0.25, 0.3) is 0 Å². The number of nitrogens with zero attached hydrogens (tertiary/aromatic N) is 4. The van der Waals surface area contributed by atoms with Crippen LogP contribution in [0.4, 0.5) is 5.69 Å². The number of hydrogen-bond acceptors (Lipinski definition) is 5. The van der Waals surface area contributed by atoms with Crippen molar-refractivity contribution < 1.29 is 8.42 Å². The minimum absolute atomic E-state index is 0.240. The minimum Gasteiger partial charge on any atom is -0.386 e. The molecule has 0 aromatic carbocycles. The van der Waals surface area contributed by atoms with Crippen LogP contribution in [0.5, 0.6) is 0 Å². The molecular formula is C10H15N5O2S. The van der Waals surface area contributed by atoms with Crippen LogP contribution in [0.2, 0.25) is 0 Å². The van der Waals surface area contributed by atoms with Gasteiger partial charge in [0.25, 0.3) is 0 Å². The summed E-state index contributed by atoms with van der Waals surface area (Å²) in [6.07, 6.45) is 4.86. The van der Waals surface area contributed by atoms with Crippen LogP contribution in [0.15, 0.2) is 12.4 Å². The molecule has 98 valence electrons. The molecule has 0 aliphatic carbocycles. The average Bonchev–Trinajstić information content (AvgIpc) is 2.69. The molecule has 18 heavy (non-hydrogen) atoms. The highest BCUT2D eigenvalue weighted by atomic mass is 32.2. The van der Waals surface area contributed by atoms with E-state index in [2.05, 4.69) is 16.5 Å². The predicted octanol–water partition coefficient (Wildman–Crippen LogP) is -0.191. The summed E-state index contributed by atoms with van der Waals surface area (Å²) >= 11 is 0. The molecule has 7 nitrogen and oxygen atoms in total. The fraction of sp³-hybridized carbons (Fsp3) is 0.600. The monoisotopic (exact) mass is 269 g/mol. The third-order valence-corrected chi connectivity index (χ3v) is 4.37. The van der Waals surface area contributed by atoms with Gasteiger partial charge in [0.15, 0.2) is 0 Å². The molecule has 2 heterocycles. The van der Waals surface area contributed by atoms with E-state index < -0.39 is 15.6 Å². The van der Waals surface area contributed by atoms with Crippen LogP contribution in [-0.2, 0) is 15.6 Å². The van der Waals surface area contributed by atoms with E-state index in [0.29, 0.717) is 13.1 Å². The maximum Gasteiger partial charge on any atom is 0.211 e. The molecule has 1 saturated heterocycles. The molecule has 0 unspecified atom stereocenters. The van der Waals surface area contributed by atoms with Crippen molar-refractivity contribution >= 4 is 15.7 Å². The second kappa shape index (κ2) is 4.26. The molecule has 0 amide bonds. The van der Waals surface area contributed by atoms with Crippen LogP contribution in [0, 0.1) is 11.3 Å². The van der Waals surface area contributed by atoms with Gasteiger partial charge >= 0.3 is 0 Å². The Balaban J connectivity index is 2.24. The number of anilines is 1. The highest BCUT2D eigenvalue weighted by Gasteiger charge is 2.49. The van der Waals surface area contributed by atoms with Crippen molar-refractivity contribution in [2.75, 3.05) is 31.7 Å². The summed E-state index contributed by atoms with van der Waals surface area (Å²) in [6, 6.07) is 2.11. The van der Waals surface area contributed by atoms with E-state index in [1.54, 1.807) is 24.1 Å². The van der Waals surface area contributed by atoms with Gasteiger partial charge < -0.3 is 5.32 Å². The molecule has 0 radical (unpaired) electrons. The van der Waals surface area contributed by atoms with Crippen LogP contribution < -0.4 is 5.32 Å². The summed E-state index contributed by atoms with van der Waals surface area (Å²) in [5.41, 5.74) is 0.303. The maximum atomic E-state index is 11.4. The van der Waals surface area contributed by atoms with Crippen molar-refractivity contribution in [2.24, 2.45) is 0 Å². The van der Waals surface area contributed by atoms with Crippen molar-refractivity contribution in [3.05, 3.63) is 12.4 Å². The van der Waals surface area contributed by atoms with Crippen LogP contribution in [0.1, 0.15) is 6.42 Å². The lowest BCUT2D eigenvalue weighted by molar-refractivity contribution is 0.0724. The molecule has 1 fully saturated rings. The molecular weight excluding hydrogens is 254 g/mol. The van der Waals surface area contributed by atoms with Crippen molar-refractivity contribution in [3.63, 3.8) is 0 Å². The van der Waals surface area contributed by atoms with Gasteiger partial charge in [0.2, 0.25) is 10.0 Å². The fourth-order valence-electron chi connectivity index (χ4n) is 2.04. The van der Waals surface area contributed by atoms with E-state index in [4.69, 9.17) is 5.26 Å². The highest BCUT2D eigenvalue weighted by molar-refractivity contribution is 7.88. The Morgan fingerprint density at radius 3 is 2.72 bits per heavy atom. The summed E-state index contributed by atoms with van der Waals surface area (Å²) in [5.74, 6) is 0. The zero-order chi connectivity index (χ0) is 13.4. The van der Waals surface area contributed by atoms with Gasteiger partial charge in [0.1, 0.15) is 5.54 Å². The molecule has 0 spiro atoms. The molecule has 1 N–H and O–H groups in total. The smallest absolute Gasteiger partial charge is 0.211 e. The molecule has 0 saturated carbocycles. The third-order valence-electron chi connectivity index (χ3n) is 3.18. The summed E-state index contributed by atoms with van der Waals surface area (Å²) < 4.78 is 25.8. The van der Waals surface area contributed by atoms with Crippen molar-refractivity contribution in [1.29, 1.82) is 5.26 Å². The normalized spacial score (nSPS) is 18.9. The Morgan fingerprint density at radius 1 is 1.61 bits per heavy atom. The Hall–Kier alpha value is -1.59. The van der Waals surface area contributed by atoms with Gasteiger partial charge in [-0.3, -0.25) is 4.68 Å². The summed E-state index contributed by atoms with van der Waals surface area (Å²) in [7, 11) is -1.42. The number of aromatic nitrogens is 2. The lowest BCUT2D eigenvalue weighted by Crippen LogP contribution is -2.63. The van der Waals surface area contributed by atoms with Crippen LogP contribution in [-0.4, -0.2) is 48.9 Å². The second-order valence-electron chi connectivity index (χ2n) is 4.51. The zero-order valence-corrected chi connectivity index (χ0v) is 11.1. The van der Waals surface area contributed by atoms with Crippen LogP contribution >= 0.6 is 0 Å². The standard InChI is InChI=1S/C10H15N5O2S/c1-12-9-5-13-15(6-9)10(3-4-11)7-14(8-10)18(2,16)17/h5-6,12H,3,7-8H2,1-2H3. The van der Waals surface area contributed by atoms with E-state index in [0.717, 1.165) is 5.69 Å². The van der Waals surface area contributed by atoms with Crippen molar-refractivity contribution in [2.45, 2.75) is 12.0 Å². The van der Waals surface area contributed by atoms with Gasteiger partial charge in [-0.2, -0.15) is 14.7 Å². The summed E-state index contributed by atoms with van der Waals surface area (Å²) in [5, 5.41) is 16.1. The number of rotatable bonds is 4. The molecule has 0 bridgehead atoms. The van der Waals surface area contributed by atoms with Gasteiger partial charge in [0, 0.05) is 26.3 Å². The lowest BCUT2D eigenvalue weighted by atomic mass is 9.89. The zero-order valence-electron chi connectivity index (χ0n) is 10.3. The Labute approximate surface area is 106 Å². The molecule has 0 atom stereocenters. The molecule has 1 aromatic heterocycles. The third kappa shape index (κ3) is 2.07. The van der Waals surface area contributed by atoms with Gasteiger partial charge in [0.05, 0.1) is 30.6 Å². The molecule has 1 aliphatic rings. The van der Waals surface area contributed by atoms with E-state index in [9.17, 15) is 8.42 Å². The quantitative estimate of drug-likeness (QED) is 0.818. The first-order chi connectivity index (χ1) is 8.41. The first-order valence-electron chi connectivity index (χ1n) is 5.46. The Kier molecular flexibility index (Phi) is 3.04. The topological polar surface area (TPSA) is 91.0 Å². The molecule has 8 heteroatoms. The lowest BCUT2D eigenvalue weighted by Gasteiger charge is -2.47. The highest BCUT2D eigenvalue weighted by Crippen LogP contribution is 2.34. The van der Waals surface area contributed by atoms with Crippen molar-refractivity contribution in [3.8, 4) is 6.07 Å². The minimum atomic E-state index is -3.20. The van der Waals surface area contributed by atoms with Gasteiger partial charge in [-0.05, 0) is 0 Å². The number of sulfonamides is 1. The first kappa shape index (κ1) is 12.9. The molecule has 1 aromatic rings. The fourth-order valence-corrected chi connectivity index (χ4v) is 2.99. The van der Waals surface area contributed by atoms with Gasteiger partial charge in [-0.1, -0.05) is 0 Å².